The molecule has 0 spiro atoms. The van der Waals surface area contributed by atoms with E-state index in [2.05, 4.69) is 15.6 Å². The van der Waals surface area contributed by atoms with Crippen LogP contribution in [-0.2, 0) is 4.74 Å². The molecule has 1 amide bonds. The lowest BCUT2D eigenvalue weighted by Crippen LogP contribution is -2.50. The minimum absolute atomic E-state index is 0. The van der Waals surface area contributed by atoms with Gasteiger partial charge < -0.3 is 25.0 Å². The van der Waals surface area contributed by atoms with Crippen LogP contribution in [-0.4, -0.2) is 62.9 Å². The van der Waals surface area contributed by atoms with Crippen LogP contribution < -0.4 is 15.4 Å². The van der Waals surface area contributed by atoms with Crippen molar-refractivity contribution in [3.8, 4) is 5.75 Å². The number of aliphatic imine (C=N–C) groups is 1. The van der Waals surface area contributed by atoms with Gasteiger partial charge in [0.25, 0.3) is 0 Å². The molecule has 0 radical (unpaired) electrons. The number of amides is 1. The number of ether oxygens (including phenoxy) is 2. The first kappa shape index (κ1) is 23.3. The topological polar surface area (TPSA) is 75.2 Å². The maximum absolute atomic E-state index is 11.7. The predicted octanol–water partition coefficient (Wildman–Crippen LogP) is 2.86. The smallest absolute Gasteiger partial charge is 0.409 e. The summed E-state index contributed by atoms with van der Waals surface area (Å²) < 4.78 is 10.7. The average molecular weight is 490 g/mol. The Bertz CT molecular complexity index is 563. The van der Waals surface area contributed by atoms with E-state index in [0.29, 0.717) is 32.3 Å². The van der Waals surface area contributed by atoms with E-state index in [-0.39, 0.29) is 30.1 Å². The van der Waals surface area contributed by atoms with Crippen LogP contribution in [0.5, 0.6) is 5.75 Å². The third-order valence-electron chi connectivity index (χ3n) is 4.21. The molecule has 0 unspecified atom stereocenters. The Morgan fingerprint density at radius 3 is 2.59 bits per heavy atom. The van der Waals surface area contributed by atoms with E-state index < -0.39 is 0 Å². The van der Waals surface area contributed by atoms with Crippen LogP contribution in [0, 0.1) is 0 Å². The quantitative estimate of drug-likeness (QED) is 0.266. The molecule has 152 valence electrons. The normalized spacial score (nSPS) is 14.9. The molecule has 1 aliphatic heterocycles. The number of guanidine groups is 1. The van der Waals surface area contributed by atoms with Gasteiger partial charge >= 0.3 is 6.09 Å². The highest BCUT2D eigenvalue weighted by Gasteiger charge is 2.23. The van der Waals surface area contributed by atoms with Crippen molar-refractivity contribution in [2.75, 3.05) is 39.9 Å². The van der Waals surface area contributed by atoms with E-state index in [1.165, 1.54) is 0 Å². The van der Waals surface area contributed by atoms with E-state index >= 15 is 0 Å². The maximum atomic E-state index is 11.7. The fraction of sp³-hybridized carbons (Fsp3) is 0.579. The van der Waals surface area contributed by atoms with Crippen molar-refractivity contribution >= 4 is 36.0 Å². The number of nitrogens with one attached hydrogen (secondary N) is 2. The van der Waals surface area contributed by atoms with Gasteiger partial charge in [-0.05, 0) is 38.3 Å². The lowest BCUT2D eigenvalue weighted by Gasteiger charge is -2.32. The maximum Gasteiger partial charge on any atom is 0.409 e. The number of benzene rings is 1. The summed E-state index contributed by atoms with van der Waals surface area (Å²) >= 11 is 0. The molecule has 2 rings (SSSR count). The van der Waals surface area contributed by atoms with Crippen LogP contribution in [0.1, 0.15) is 26.2 Å². The monoisotopic (exact) mass is 490 g/mol. The third kappa shape index (κ3) is 8.68. The molecule has 1 saturated heterocycles. The van der Waals surface area contributed by atoms with Gasteiger partial charge in [-0.25, -0.2) is 4.79 Å². The molecule has 1 aromatic rings. The number of hydrogen-bond acceptors (Lipinski definition) is 4. The number of rotatable bonds is 7. The van der Waals surface area contributed by atoms with Gasteiger partial charge in [0.05, 0.1) is 13.2 Å². The molecule has 2 N–H and O–H groups in total. The first-order chi connectivity index (χ1) is 12.7. The Labute approximate surface area is 178 Å². The van der Waals surface area contributed by atoms with Gasteiger partial charge in [0, 0.05) is 32.7 Å². The molecule has 0 aliphatic carbocycles. The van der Waals surface area contributed by atoms with Crippen molar-refractivity contribution in [2.24, 2.45) is 4.99 Å². The Morgan fingerprint density at radius 2 is 1.96 bits per heavy atom. The second kappa shape index (κ2) is 13.5. The average Bonchev–Trinajstić information content (AvgIpc) is 2.68. The minimum Gasteiger partial charge on any atom is -0.494 e. The summed E-state index contributed by atoms with van der Waals surface area (Å²) in [5.74, 6) is 1.68. The highest BCUT2D eigenvalue weighted by molar-refractivity contribution is 14.0. The van der Waals surface area contributed by atoms with E-state index in [0.717, 1.165) is 37.5 Å². The van der Waals surface area contributed by atoms with Crippen LogP contribution in [0.2, 0.25) is 0 Å². The fourth-order valence-corrected chi connectivity index (χ4v) is 2.79. The largest absolute Gasteiger partial charge is 0.494 e. The molecule has 27 heavy (non-hydrogen) atoms. The highest BCUT2D eigenvalue weighted by atomic mass is 127. The molecule has 0 aromatic heterocycles. The van der Waals surface area contributed by atoms with Gasteiger partial charge in [-0.15, -0.1) is 24.0 Å². The Balaban J connectivity index is 0.00000364. The van der Waals surface area contributed by atoms with Gasteiger partial charge in [0.2, 0.25) is 0 Å². The number of nitrogens with zero attached hydrogens (tertiary/aromatic N) is 2. The Kier molecular flexibility index (Phi) is 11.6. The van der Waals surface area contributed by atoms with Crippen LogP contribution in [0.3, 0.4) is 0 Å². The molecule has 0 saturated carbocycles. The summed E-state index contributed by atoms with van der Waals surface area (Å²) in [6, 6.07) is 10.1. The first-order valence-corrected chi connectivity index (χ1v) is 9.29. The highest BCUT2D eigenvalue weighted by Crippen LogP contribution is 2.11. The zero-order chi connectivity index (χ0) is 18.6. The number of hydrogen-bond donors (Lipinski definition) is 2. The number of piperidine rings is 1. The lowest BCUT2D eigenvalue weighted by atomic mass is 10.1. The van der Waals surface area contributed by atoms with Gasteiger partial charge in [-0.3, -0.25) is 4.99 Å². The standard InChI is InChI=1S/C19H30N4O3.HI/c1-3-25-19(24)23-13-10-16(11-14-23)22-18(20-2)21-12-7-15-26-17-8-5-4-6-9-17;/h4-6,8-9,16H,3,7,10-15H2,1-2H3,(H2,20,21,22);1H. The van der Waals surface area contributed by atoms with Crippen molar-refractivity contribution in [3.63, 3.8) is 0 Å². The Hall–Kier alpha value is -1.71. The van der Waals surface area contributed by atoms with E-state index in [1.54, 1.807) is 11.9 Å². The molecular formula is C19H31IN4O3. The van der Waals surface area contributed by atoms with Gasteiger partial charge in [0.1, 0.15) is 5.75 Å². The lowest BCUT2D eigenvalue weighted by molar-refractivity contribution is 0.0963. The van der Waals surface area contributed by atoms with E-state index in [4.69, 9.17) is 9.47 Å². The van der Waals surface area contributed by atoms with Crippen LogP contribution in [0.4, 0.5) is 4.79 Å². The van der Waals surface area contributed by atoms with Crippen LogP contribution >= 0.6 is 24.0 Å². The molecule has 1 aromatic carbocycles. The summed E-state index contributed by atoms with van der Waals surface area (Å²) in [7, 11) is 1.77. The minimum atomic E-state index is -0.216. The van der Waals surface area contributed by atoms with E-state index in [1.807, 2.05) is 37.3 Å². The van der Waals surface area contributed by atoms with Crippen molar-refractivity contribution in [2.45, 2.75) is 32.2 Å². The second-order valence-electron chi connectivity index (χ2n) is 6.12. The van der Waals surface area contributed by atoms with Crippen molar-refractivity contribution in [1.29, 1.82) is 0 Å². The first-order valence-electron chi connectivity index (χ1n) is 9.29. The van der Waals surface area contributed by atoms with E-state index in [9.17, 15) is 4.79 Å². The number of halogens is 1. The molecular weight excluding hydrogens is 459 g/mol. The number of carbonyl (C=O) groups excluding carboxylic acids is 1. The Morgan fingerprint density at radius 1 is 1.26 bits per heavy atom. The summed E-state index contributed by atoms with van der Waals surface area (Å²) in [5, 5.41) is 6.74. The summed E-state index contributed by atoms with van der Waals surface area (Å²) in [6.07, 6.45) is 2.44. The zero-order valence-corrected chi connectivity index (χ0v) is 18.5. The molecule has 0 atom stereocenters. The van der Waals surface area contributed by atoms with Gasteiger partial charge in [-0.1, -0.05) is 18.2 Å². The third-order valence-corrected chi connectivity index (χ3v) is 4.21. The van der Waals surface area contributed by atoms with Gasteiger partial charge in [0.15, 0.2) is 5.96 Å². The zero-order valence-electron chi connectivity index (χ0n) is 16.1. The van der Waals surface area contributed by atoms with Crippen molar-refractivity contribution < 1.29 is 14.3 Å². The number of carbonyl (C=O) groups is 1. The molecule has 8 heteroatoms. The number of para-hydroxylation sites is 1. The van der Waals surface area contributed by atoms with Crippen LogP contribution in [0.15, 0.2) is 35.3 Å². The van der Waals surface area contributed by atoms with Crippen molar-refractivity contribution in [3.05, 3.63) is 30.3 Å². The summed E-state index contributed by atoms with van der Waals surface area (Å²) in [4.78, 5) is 17.8. The predicted molar refractivity (Wildman–Crippen MR) is 118 cm³/mol. The summed E-state index contributed by atoms with van der Waals surface area (Å²) in [5.41, 5.74) is 0. The van der Waals surface area contributed by atoms with Crippen LogP contribution in [0.25, 0.3) is 0 Å². The second-order valence-corrected chi connectivity index (χ2v) is 6.12. The molecule has 1 aliphatic rings. The molecule has 7 nitrogen and oxygen atoms in total. The van der Waals surface area contributed by atoms with Gasteiger partial charge in [-0.2, -0.15) is 0 Å². The SMILES string of the molecule is CCOC(=O)N1CCC(NC(=NC)NCCCOc2ccccc2)CC1.I. The summed E-state index contributed by atoms with van der Waals surface area (Å²) in [6.45, 7) is 5.10. The van der Waals surface area contributed by atoms with Crippen molar-refractivity contribution in [1.82, 2.24) is 15.5 Å². The molecule has 1 heterocycles. The molecule has 1 fully saturated rings. The fourth-order valence-electron chi connectivity index (χ4n) is 2.79. The molecule has 0 bridgehead atoms. The number of likely N-dealkylation sites (tertiary alicyclic amines) is 1.